The summed E-state index contributed by atoms with van der Waals surface area (Å²) in [6.07, 6.45) is 2.30. The van der Waals surface area contributed by atoms with Crippen molar-refractivity contribution in [2.75, 3.05) is 6.54 Å². The van der Waals surface area contributed by atoms with Gasteiger partial charge in [0, 0.05) is 19.1 Å². The Morgan fingerprint density at radius 2 is 1.33 bits per heavy atom. The second-order valence-corrected chi connectivity index (χ2v) is 7.64. The van der Waals surface area contributed by atoms with Gasteiger partial charge in [-0.15, -0.1) is 0 Å². The van der Waals surface area contributed by atoms with E-state index in [9.17, 15) is 0 Å². The van der Waals surface area contributed by atoms with Gasteiger partial charge in [-0.3, -0.25) is 4.90 Å². The Morgan fingerprint density at radius 1 is 0.708 bits per heavy atom. The van der Waals surface area contributed by atoms with Gasteiger partial charge in [0.2, 0.25) is 0 Å². The Kier molecular flexibility index (Phi) is 2.78. The number of nitrogens with zero attached hydrogens (tertiary/aromatic N) is 1. The summed E-state index contributed by atoms with van der Waals surface area (Å²) in [5.41, 5.74) is 11.8. The molecule has 4 aliphatic rings. The molecule has 0 radical (unpaired) electrons. The topological polar surface area (TPSA) is 21.7 Å². The quantitative estimate of drug-likeness (QED) is 0.743. The van der Waals surface area contributed by atoms with Crippen molar-refractivity contribution in [1.29, 1.82) is 0 Å². The van der Waals surface area contributed by atoms with Crippen LogP contribution in [0.3, 0.4) is 0 Å². The van der Waals surface area contributed by atoms with Gasteiger partial charge in [-0.1, -0.05) is 24.3 Å². The van der Waals surface area contributed by atoms with Crippen molar-refractivity contribution in [3.05, 3.63) is 68.8 Å². The Labute approximate surface area is 142 Å². The molecule has 2 aromatic carbocycles. The van der Waals surface area contributed by atoms with Gasteiger partial charge in [0.15, 0.2) is 0 Å². The van der Waals surface area contributed by atoms with Crippen LogP contribution in [0.4, 0.5) is 0 Å². The molecule has 2 aromatic rings. The standard InChI is InChI=1S/C21H21NO2/c1-2-22-8-15-5-18-11-23-10-17(18)4-14(15)7-21(22)20-6-19-12-24-9-16(19)3-13(1)20/h3-6,21H,1-2,7-12H2. The third-order valence-corrected chi connectivity index (χ3v) is 6.27. The van der Waals surface area contributed by atoms with Crippen LogP contribution in [0, 0.1) is 0 Å². The molecule has 6 rings (SSSR count). The lowest BCUT2D eigenvalue weighted by Crippen LogP contribution is -2.39. The molecule has 1 atom stereocenters. The van der Waals surface area contributed by atoms with Crippen LogP contribution in [0.15, 0.2) is 24.3 Å². The van der Waals surface area contributed by atoms with Crippen LogP contribution in [-0.4, -0.2) is 11.4 Å². The van der Waals surface area contributed by atoms with Gasteiger partial charge in [0.05, 0.1) is 26.4 Å². The second-order valence-electron chi connectivity index (χ2n) is 7.64. The molecular weight excluding hydrogens is 298 g/mol. The van der Waals surface area contributed by atoms with E-state index in [2.05, 4.69) is 29.2 Å². The van der Waals surface area contributed by atoms with Crippen molar-refractivity contribution >= 4 is 0 Å². The van der Waals surface area contributed by atoms with Crippen molar-refractivity contribution in [3.63, 3.8) is 0 Å². The predicted octanol–water partition coefficient (Wildman–Crippen LogP) is 3.40. The smallest absolute Gasteiger partial charge is 0.0725 e. The number of rotatable bonds is 0. The first-order chi connectivity index (χ1) is 11.8. The van der Waals surface area contributed by atoms with Crippen molar-refractivity contribution in [2.45, 2.75) is 51.9 Å². The van der Waals surface area contributed by atoms with Gasteiger partial charge >= 0.3 is 0 Å². The van der Waals surface area contributed by atoms with E-state index >= 15 is 0 Å². The molecule has 0 bridgehead atoms. The van der Waals surface area contributed by atoms with Gasteiger partial charge in [-0.2, -0.15) is 0 Å². The van der Waals surface area contributed by atoms with Crippen molar-refractivity contribution in [1.82, 2.24) is 4.90 Å². The maximum absolute atomic E-state index is 5.65. The van der Waals surface area contributed by atoms with Crippen LogP contribution in [0.2, 0.25) is 0 Å². The molecule has 3 nitrogen and oxygen atoms in total. The van der Waals surface area contributed by atoms with Gasteiger partial charge in [-0.05, 0) is 57.3 Å². The zero-order valence-electron chi connectivity index (χ0n) is 13.8. The lowest BCUT2D eigenvalue weighted by Gasteiger charge is -2.42. The second kappa shape index (κ2) is 4.92. The lowest BCUT2D eigenvalue weighted by molar-refractivity contribution is 0.134. The maximum atomic E-state index is 5.65. The molecule has 122 valence electrons. The molecule has 0 N–H and O–H groups in total. The van der Waals surface area contributed by atoms with Crippen LogP contribution in [0.1, 0.15) is 50.5 Å². The first kappa shape index (κ1) is 13.6. The average molecular weight is 319 g/mol. The van der Waals surface area contributed by atoms with Crippen LogP contribution in [-0.2, 0) is 55.3 Å². The molecule has 0 amide bonds. The first-order valence-corrected chi connectivity index (χ1v) is 9.03. The fourth-order valence-corrected chi connectivity index (χ4v) is 4.97. The molecule has 3 heteroatoms. The Morgan fingerprint density at radius 3 is 2.08 bits per heavy atom. The minimum absolute atomic E-state index is 0.535. The Balaban J connectivity index is 1.43. The molecule has 4 heterocycles. The summed E-state index contributed by atoms with van der Waals surface area (Å²) in [6, 6.07) is 10.2. The summed E-state index contributed by atoms with van der Waals surface area (Å²) in [6.45, 7) is 5.42. The number of hydrogen-bond donors (Lipinski definition) is 0. The van der Waals surface area contributed by atoms with E-state index in [1.54, 1.807) is 11.1 Å². The van der Waals surface area contributed by atoms with Crippen LogP contribution >= 0.6 is 0 Å². The third-order valence-electron chi connectivity index (χ3n) is 6.27. The normalized spacial score (nSPS) is 24.1. The van der Waals surface area contributed by atoms with Crippen LogP contribution < -0.4 is 0 Å². The van der Waals surface area contributed by atoms with E-state index in [0.717, 1.165) is 39.4 Å². The lowest BCUT2D eigenvalue weighted by atomic mass is 9.82. The predicted molar refractivity (Wildman–Crippen MR) is 90.4 cm³/mol. The van der Waals surface area contributed by atoms with Gasteiger partial charge in [0.1, 0.15) is 0 Å². The Hall–Kier alpha value is -1.68. The fourth-order valence-electron chi connectivity index (χ4n) is 4.97. The fraction of sp³-hybridized carbons (Fsp3) is 0.429. The highest BCUT2D eigenvalue weighted by molar-refractivity contribution is 5.46. The number of ether oxygens (including phenoxy) is 2. The Bertz CT molecular complexity index is 857. The van der Waals surface area contributed by atoms with Crippen molar-refractivity contribution < 1.29 is 9.47 Å². The van der Waals surface area contributed by atoms with Crippen molar-refractivity contribution in [3.8, 4) is 0 Å². The largest absolute Gasteiger partial charge is 0.372 e. The van der Waals surface area contributed by atoms with Crippen LogP contribution in [0.25, 0.3) is 0 Å². The van der Waals surface area contributed by atoms with Gasteiger partial charge in [0.25, 0.3) is 0 Å². The monoisotopic (exact) mass is 319 g/mol. The molecule has 0 spiro atoms. The molecule has 1 unspecified atom stereocenters. The third kappa shape index (κ3) is 1.89. The summed E-state index contributed by atoms with van der Waals surface area (Å²) in [5, 5.41) is 0. The first-order valence-electron chi connectivity index (χ1n) is 9.03. The molecular formula is C21H21NO2. The maximum Gasteiger partial charge on any atom is 0.0725 e. The van der Waals surface area contributed by atoms with E-state index in [-0.39, 0.29) is 0 Å². The molecule has 0 saturated carbocycles. The SMILES string of the molecule is c1c2c(cc3c1CC1c4cc5c(cc4CCN1C3)COC5)COC2. The van der Waals surface area contributed by atoms with Crippen molar-refractivity contribution in [2.24, 2.45) is 0 Å². The van der Waals surface area contributed by atoms with Gasteiger partial charge < -0.3 is 9.47 Å². The average Bonchev–Trinajstić information content (AvgIpc) is 3.24. The minimum Gasteiger partial charge on any atom is -0.372 e. The highest BCUT2D eigenvalue weighted by atomic mass is 16.5. The molecule has 0 aliphatic carbocycles. The highest BCUT2D eigenvalue weighted by Crippen LogP contribution is 2.41. The van der Waals surface area contributed by atoms with E-state index in [1.807, 2.05) is 0 Å². The summed E-state index contributed by atoms with van der Waals surface area (Å²) >= 11 is 0. The van der Waals surface area contributed by atoms with E-state index < -0.39 is 0 Å². The van der Waals surface area contributed by atoms with E-state index in [4.69, 9.17) is 9.47 Å². The summed E-state index contributed by atoms with van der Waals surface area (Å²) in [5.74, 6) is 0. The number of fused-ring (bicyclic) bond motifs is 6. The molecule has 0 aromatic heterocycles. The molecule has 0 fully saturated rings. The minimum atomic E-state index is 0.535. The number of hydrogen-bond acceptors (Lipinski definition) is 3. The highest BCUT2D eigenvalue weighted by Gasteiger charge is 2.33. The summed E-state index contributed by atoms with van der Waals surface area (Å²) < 4.78 is 11.3. The van der Waals surface area contributed by atoms with Crippen LogP contribution in [0.5, 0.6) is 0 Å². The zero-order valence-corrected chi connectivity index (χ0v) is 13.8. The van der Waals surface area contributed by atoms with E-state index in [1.165, 1.54) is 46.3 Å². The summed E-state index contributed by atoms with van der Waals surface area (Å²) in [4.78, 5) is 2.68. The molecule has 0 saturated heterocycles. The molecule has 4 aliphatic heterocycles. The molecule has 24 heavy (non-hydrogen) atoms. The zero-order chi connectivity index (χ0) is 15.7. The van der Waals surface area contributed by atoms with Gasteiger partial charge in [-0.25, -0.2) is 0 Å². The van der Waals surface area contributed by atoms with E-state index in [0.29, 0.717) is 6.04 Å². The number of benzene rings is 2. The summed E-state index contributed by atoms with van der Waals surface area (Å²) in [7, 11) is 0.